The summed E-state index contributed by atoms with van der Waals surface area (Å²) in [7, 11) is 1.55. The number of rotatable bonds is 56. The van der Waals surface area contributed by atoms with E-state index < -0.39 is 65.6 Å². The maximum absolute atomic E-state index is 12.3. The minimum Gasteiger partial charge on any atom is -0.481 e. The number of ether oxygens (including phenoxy) is 4. The molecule has 0 spiro atoms. The fourth-order valence-corrected chi connectivity index (χ4v) is 7.99. The molecule has 0 radical (unpaired) electrons. The lowest BCUT2D eigenvalue weighted by molar-refractivity contribution is -0.145. The number of carboxylic acid groups (broad SMARTS) is 5. The molecule has 0 aliphatic rings. The fraction of sp³-hybridized carbons (Fsp3) is 0.804. The lowest BCUT2D eigenvalue weighted by Gasteiger charge is -2.15. The van der Waals surface area contributed by atoms with Crippen molar-refractivity contribution in [1.29, 1.82) is 0 Å². The predicted octanol–water partition coefficient (Wildman–Crippen LogP) is 4.97. The lowest BCUT2D eigenvalue weighted by atomic mass is 9.94. The molecule has 81 heavy (non-hydrogen) atoms. The fourth-order valence-electron chi connectivity index (χ4n) is 7.99. The van der Waals surface area contributed by atoms with E-state index >= 15 is 0 Å². The van der Waals surface area contributed by atoms with Crippen LogP contribution in [0.15, 0.2) is 0 Å². The van der Waals surface area contributed by atoms with Crippen molar-refractivity contribution in [1.82, 2.24) is 26.6 Å². The number of carbonyl (C=O) groups excluding carboxylic acids is 6. The van der Waals surface area contributed by atoms with Crippen LogP contribution in [0, 0.1) is 5.92 Å². The zero-order chi connectivity index (χ0) is 60.9. The van der Waals surface area contributed by atoms with E-state index in [0.29, 0.717) is 65.1 Å². The largest absolute Gasteiger partial charge is 0.481 e. The van der Waals surface area contributed by atoms with E-state index in [1.807, 2.05) is 6.92 Å². The molecule has 0 saturated heterocycles. The standard InChI is InChI=1S/C32H58N2O9.C24H41N3O11/c1-2-17-27(35)26-43-25-24-42-23-22-33-29(36)21-20-28(32(40)41)34-30(37)18-15-13-11-9-7-5-3-4-6-8-10-12-14-16-19-31(38)39;1-3-37-12-13-38-15-21(30)27-19(24(35)36)9-8-17(28)14-16(22(31)32)7-10-20(29)26-11-5-4-6-18(25-2)23(33)34/h28H,2-26H2,1H3,(H,33,36)(H,34,37)(H,38,39)(H,40,41);16,18-19,25H,3-15H2,1-2H3,(H,26,29)(H,27,30)(H,31,32)(H,33,34)(H,35,36)/t28-;16-,18+,19+/m01/s1. The van der Waals surface area contributed by atoms with Crippen LogP contribution in [-0.2, 0) is 71.7 Å². The van der Waals surface area contributed by atoms with Crippen LogP contribution >= 0.6 is 0 Å². The maximum Gasteiger partial charge on any atom is 0.326 e. The van der Waals surface area contributed by atoms with Crippen molar-refractivity contribution in [2.45, 2.75) is 212 Å². The average Bonchev–Trinajstić information content (AvgIpc) is 3.41. The van der Waals surface area contributed by atoms with E-state index in [0.717, 1.165) is 44.9 Å². The summed E-state index contributed by atoms with van der Waals surface area (Å²) in [6.07, 6.45) is 17.6. The first-order chi connectivity index (χ1) is 38.8. The molecule has 0 heterocycles. The number of Topliss-reactive ketones (excluding diaryl/α,β-unsaturated/α-hetero) is 2. The Morgan fingerprint density at radius 2 is 0.852 bits per heavy atom. The number of unbranched alkanes of at least 4 members (excludes halogenated alkanes) is 14. The number of nitrogens with one attached hydrogen (secondary N) is 5. The quantitative estimate of drug-likeness (QED) is 0.0359. The molecule has 0 aromatic heterocycles. The molecule has 0 fully saturated rings. The van der Waals surface area contributed by atoms with E-state index in [4.69, 9.17) is 29.2 Å². The molecule has 4 atom stereocenters. The van der Waals surface area contributed by atoms with E-state index in [1.54, 1.807) is 14.0 Å². The van der Waals surface area contributed by atoms with Gasteiger partial charge in [0.25, 0.3) is 0 Å². The Morgan fingerprint density at radius 1 is 0.383 bits per heavy atom. The van der Waals surface area contributed by atoms with E-state index in [2.05, 4.69) is 26.6 Å². The van der Waals surface area contributed by atoms with Crippen molar-refractivity contribution in [2.75, 3.05) is 73.0 Å². The maximum atomic E-state index is 12.3. The van der Waals surface area contributed by atoms with Gasteiger partial charge in [-0.15, -0.1) is 0 Å². The van der Waals surface area contributed by atoms with Gasteiger partial charge >= 0.3 is 29.8 Å². The molecule has 4 amide bonds. The second-order valence-corrected chi connectivity index (χ2v) is 19.7. The minimum atomic E-state index is -1.34. The number of ketones is 2. The number of aliphatic carboxylic acids is 5. The Hall–Kier alpha value is -5.63. The van der Waals surface area contributed by atoms with Gasteiger partial charge in [-0.1, -0.05) is 84.0 Å². The van der Waals surface area contributed by atoms with Gasteiger partial charge in [0.15, 0.2) is 5.78 Å². The Morgan fingerprint density at radius 3 is 1.36 bits per heavy atom. The third kappa shape index (κ3) is 51.0. The highest BCUT2D eigenvalue weighted by molar-refractivity contribution is 5.87. The molecule has 25 nitrogen and oxygen atoms in total. The van der Waals surface area contributed by atoms with Gasteiger partial charge in [-0.25, -0.2) is 9.59 Å². The third-order valence-corrected chi connectivity index (χ3v) is 12.7. The summed E-state index contributed by atoms with van der Waals surface area (Å²) in [6, 6.07) is -3.10. The van der Waals surface area contributed by atoms with Crippen molar-refractivity contribution in [3.63, 3.8) is 0 Å². The second-order valence-electron chi connectivity index (χ2n) is 19.7. The molecule has 0 saturated carbocycles. The van der Waals surface area contributed by atoms with Gasteiger partial charge in [0.05, 0.1) is 39.0 Å². The van der Waals surface area contributed by atoms with Gasteiger partial charge in [0.1, 0.15) is 37.1 Å². The Labute approximate surface area is 478 Å². The summed E-state index contributed by atoms with van der Waals surface area (Å²) in [6.45, 7) is 5.87. The average molecular weight is 1160 g/mol. The number of hydrogen-bond acceptors (Lipinski definition) is 16. The monoisotopic (exact) mass is 1160 g/mol. The van der Waals surface area contributed by atoms with Crippen LogP contribution in [0.25, 0.3) is 0 Å². The Bertz CT molecular complexity index is 1790. The molecule has 468 valence electrons. The number of hydrogen-bond donors (Lipinski definition) is 10. The van der Waals surface area contributed by atoms with E-state index in [9.17, 15) is 68.1 Å². The highest BCUT2D eigenvalue weighted by Gasteiger charge is 2.26. The minimum absolute atomic E-state index is 0.0141. The molecule has 0 unspecified atom stereocenters. The van der Waals surface area contributed by atoms with Gasteiger partial charge in [-0.2, -0.15) is 0 Å². The number of carboxylic acids is 5. The number of likely N-dealkylation sites (N-methyl/N-ethyl adjacent to an activating group) is 1. The first kappa shape index (κ1) is 77.4. The Kier molecular flexibility index (Phi) is 51.3. The zero-order valence-corrected chi connectivity index (χ0v) is 48.5. The van der Waals surface area contributed by atoms with Crippen molar-refractivity contribution in [3.05, 3.63) is 0 Å². The molecule has 0 aliphatic heterocycles. The summed E-state index contributed by atoms with van der Waals surface area (Å²) in [4.78, 5) is 128. The SMILES string of the molecule is CCCC(=O)COCCOCCNC(=O)CC[C@H](NC(=O)CCCCCCCCCCCCCCCCC(=O)O)C(=O)O.CCOCCOCC(=O)N[C@@H](CCC(=O)C[C@@H](CCC(=O)NCCCC[C@H](NC)C(=O)O)C(=O)O)C(=O)O. The Balaban J connectivity index is 0. The molecular formula is C56H99N5O20. The van der Waals surface area contributed by atoms with Crippen LogP contribution in [-0.4, -0.2) is 182 Å². The number of amides is 4. The molecule has 0 aromatic carbocycles. The molecule has 0 aliphatic carbocycles. The van der Waals surface area contributed by atoms with Gasteiger partial charge in [-0.05, 0) is 71.8 Å². The predicted molar refractivity (Wildman–Crippen MR) is 298 cm³/mol. The number of carbonyl (C=O) groups is 11. The van der Waals surface area contributed by atoms with Crippen LogP contribution in [0.5, 0.6) is 0 Å². The highest BCUT2D eigenvalue weighted by atomic mass is 16.5. The van der Waals surface area contributed by atoms with Gasteiger partial charge < -0.3 is 71.1 Å². The van der Waals surface area contributed by atoms with Crippen molar-refractivity contribution in [2.24, 2.45) is 5.92 Å². The summed E-state index contributed by atoms with van der Waals surface area (Å²) >= 11 is 0. The smallest absolute Gasteiger partial charge is 0.326 e. The van der Waals surface area contributed by atoms with Crippen LogP contribution in [0.3, 0.4) is 0 Å². The summed E-state index contributed by atoms with van der Waals surface area (Å²) in [5.74, 6) is -8.61. The first-order valence-corrected chi connectivity index (χ1v) is 29.0. The van der Waals surface area contributed by atoms with Crippen molar-refractivity contribution >= 4 is 65.0 Å². The van der Waals surface area contributed by atoms with Gasteiger partial charge in [-0.3, -0.25) is 43.2 Å². The summed E-state index contributed by atoms with van der Waals surface area (Å²) in [5.41, 5.74) is 0. The van der Waals surface area contributed by atoms with Gasteiger partial charge in [0.2, 0.25) is 23.6 Å². The molecule has 0 rings (SSSR count). The van der Waals surface area contributed by atoms with Crippen molar-refractivity contribution < 1.29 is 97.2 Å². The van der Waals surface area contributed by atoms with Crippen molar-refractivity contribution in [3.8, 4) is 0 Å². The van der Waals surface area contributed by atoms with E-state index in [1.165, 1.54) is 44.9 Å². The summed E-state index contributed by atoms with van der Waals surface area (Å²) in [5, 5.41) is 58.5. The van der Waals surface area contributed by atoms with Crippen LogP contribution in [0.4, 0.5) is 0 Å². The van der Waals surface area contributed by atoms with Crippen LogP contribution in [0.1, 0.15) is 194 Å². The molecule has 10 N–H and O–H groups in total. The summed E-state index contributed by atoms with van der Waals surface area (Å²) < 4.78 is 20.7. The highest BCUT2D eigenvalue weighted by Crippen LogP contribution is 2.16. The molecule has 0 aromatic rings. The molecule has 0 bridgehead atoms. The molecular weight excluding hydrogens is 1060 g/mol. The zero-order valence-electron chi connectivity index (χ0n) is 48.5. The first-order valence-electron chi connectivity index (χ1n) is 29.0. The second kappa shape index (κ2) is 53.7. The third-order valence-electron chi connectivity index (χ3n) is 12.7. The van der Waals surface area contributed by atoms with Crippen LogP contribution < -0.4 is 26.6 Å². The van der Waals surface area contributed by atoms with E-state index in [-0.39, 0.29) is 114 Å². The van der Waals surface area contributed by atoms with Crippen LogP contribution in [0.2, 0.25) is 0 Å². The topological polar surface area (TPSA) is 386 Å². The molecule has 25 heteroatoms. The normalized spacial score (nSPS) is 12.4. The van der Waals surface area contributed by atoms with Gasteiger partial charge in [0, 0.05) is 64.6 Å². The lowest BCUT2D eigenvalue weighted by Crippen LogP contribution is -2.42.